The van der Waals surface area contributed by atoms with E-state index in [9.17, 15) is 8.42 Å². The molecule has 0 unspecified atom stereocenters. The molecule has 1 aromatic carbocycles. The number of nitrogens with zero attached hydrogens (tertiary/aromatic N) is 1. The summed E-state index contributed by atoms with van der Waals surface area (Å²) >= 11 is 1.52. The van der Waals surface area contributed by atoms with Crippen molar-refractivity contribution in [1.29, 1.82) is 0 Å². The lowest BCUT2D eigenvalue weighted by Gasteiger charge is -2.00. The first-order valence-corrected chi connectivity index (χ1v) is 6.95. The summed E-state index contributed by atoms with van der Waals surface area (Å²) in [5, 5.41) is 7.89. The Labute approximate surface area is 97.8 Å². The zero-order valence-electron chi connectivity index (χ0n) is 8.54. The number of benzene rings is 1. The van der Waals surface area contributed by atoms with Gasteiger partial charge in [-0.2, -0.15) is 0 Å². The average molecular weight is 254 g/mol. The fraction of sp³-hybridized carbons (Fsp3) is 0.100. The van der Waals surface area contributed by atoms with Crippen molar-refractivity contribution >= 4 is 21.4 Å². The predicted molar refractivity (Wildman–Crippen MR) is 63.7 cm³/mol. The van der Waals surface area contributed by atoms with Gasteiger partial charge in [-0.1, -0.05) is 12.1 Å². The van der Waals surface area contributed by atoms with Crippen molar-refractivity contribution in [2.24, 2.45) is 5.14 Å². The van der Waals surface area contributed by atoms with Crippen LogP contribution in [0, 0.1) is 6.92 Å². The number of hydrogen-bond donors (Lipinski definition) is 1. The second-order valence-corrected chi connectivity index (χ2v) is 5.95. The number of nitrogens with two attached hydrogens (primary N) is 1. The van der Waals surface area contributed by atoms with Gasteiger partial charge in [-0.3, -0.25) is 0 Å². The van der Waals surface area contributed by atoms with Crippen molar-refractivity contribution in [3.63, 3.8) is 0 Å². The van der Waals surface area contributed by atoms with E-state index in [0.717, 1.165) is 16.3 Å². The molecular formula is C10H10N2O2S2. The van der Waals surface area contributed by atoms with Gasteiger partial charge >= 0.3 is 0 Å². The summed E-state index contributed by atoms with van der Waals surface area (Å²) < 4.78 is 22.4. The molecule has 1 aromatic heterocycles. The Hall–Kier alpha value is -1.24. The van der Waals surface area contributed by atoms with Gasteiger partial charge in [-0.05, 0) is 19.1 Å². The fourth-order valence-corrected chi connectivity index (χ4v) is 2.51. The van der Waals surface area contributed by atoms with Gasteiger partial charge in [0.1, 0.15) is 0 Å². The zero-order valence-corrected chi connectivity index (χ0v) is 10.2. The number of rotatable bonds is 2. The van der Waals surface area contributed by atoms with Crippen LogP contribution in [0.5, 0.6) is 0 Å². The van der Waals surface area contributed by atoms with E-state index in [2.05, 4.69) is 4.98 Å². The molecule has 16 heavy (non-hydrogen) atoms. The Balaban J connectivity index is 2.52. The molecule has 0 amide bonds. The van der Waals surface area contributed by atoms with Gasteiger partial charge in [0, 0.05) is 10.9 Å². The van der Waals surface area contributed by atoms with Gasteiger partial charge in [-0.15, -0.1) is 11.3 Å². The van der Waals surface area contributed by atoms with Crippen LogP contribution < -0.4 is 5.14 Å². The van der Waals surface area contributed by atoms with E-state index >= 15 is 0 Å². The van der Waals surface area contributed by atoms with Crippen LogP contribution in [-0.4, -0.2) is 13.4 Å². The number of aromatic nitrogens is 1. The summed E-state index contributed by atoms with van der Waals surface area (Å²) in [6.45, 7) is 1.90. The van der Waals surface area contributed by atoms with Gasteiger partial charge in [0.15, 0.2) is 0 Å². The Morgan fingerprint density at radius 2 is 2.12 bits per heavy atom. The number of aryl methyl sites for hydroxylation is 1. The minimum Gasteiger partial charge on any atom is -0.242 e. The van der Waals surface area contributed by atoms with E-state index < -0.39 is 10.0 Å². The molecule has 0 aliphatic rings. The van der Waals surface area contributed by atoms with Crippen LogP contribution in [0.1, 0.15) is 5.01 Å². The fourth-order valence-electron chi connectivity index (χ4n) is 1.33. The maximum atomic E-state index is 11.2. The lowest BCUT2D eigenvalue weighted by atomic mass is 10.2. The number of sulfonamides is 1. The van der Waals surface area contributed by atoms with Gasteiger partial charge in [0.05, 0.1) is 15.6 Å². The van der Waals surface area contributed by atoms with E-state index in [0.29, 0.717) is 0 Å². The van der Waals surface area contributed by atoms with E-state index in [1.165, 1.54) is 23.5 Å². The topological polar surface area (TPSA) is 73.0 Å². The van der Waals surface area contributed by atoms with Gasteiger partial charge in [0.2, 0.25) is 10.0 Å². The molecule has 0 spiro atoms. The van der Waals surface area contributed by atoms with Crippen LogP contribution >= 0.6 is 11.3 Å². The van der Waals surface area contributed by atoms with Crippen LogP contribution in [0.4, 0.5) is 0 Å². The molecule has 1 heterocycles. The molecule has 0 saturated heterocycles. The summed E-state index contributed by atoms with van der Waals surface area (Å²) in [6.07, 6.45) is 0. The van der Waals surface area contributed by atoms with Crippen molar-refractivity contribution < 1.29 is 8.42 Å². The molecule has 0 saturated carbocycles. The summed E-state index contributed by atoms with van der Waals surface area (Å²) in [4.78, 5) is 4.39. The Kier molecular flexibility index (Phi) is 2.79. The molecular weight excluding hydrogens is 244 g/mol. The molecule has 84 valence electrons. The van der Waals surface area contributed by atoms with E-state index in [1.807, 2.05) is 18.4 Å². The molecule has 0 radical (unpaired) electrons. The lowest BCUT2D eigenvalue weighted by molar-refractivity contribution is 0.598. The first-order chi connectivity index (χ1) is 7.47. The summed E-state index contributed by atoms with van der Waals surface area (Å²) in [5.74, 6) is 0. The molecule has 2 N–H and O–H groups in total. The first-order valence-electron chi connectivity index (χ1n) is 4.52. The van der Waals surface area contributed by atoms with E-state index in [-0.39, 0.29) is 4.90 Å². The number of thiazole rings is 1. The average Bonchev–Trinajstić information content (AvgIpc) is 2.64. The number of hydrogen-bond acceptors (Lipinski definition) is 4. The third-order valence-corrected chi connectivity index (χ3v) is 3.76. The quantitative estimate of drug-likeness (QED) is 0.887. The molecule has 2 aromatic rings. The Morgan fingerprint density at radius 3 is 2.69 bits per heavy atom. The maximum absolute atomic E-state index is 11.2. The monoisotopic (exact) mass is 254 g/mol. The van der Waals surface area contributed by atoms with Gasteiger partial charge in [-0.25, -0.2) is 18.5 Å². The second kappa shape index (κ2) is 3.97. The third-order valence-electron chi connectivity index (χ3n) is 2.08. The van der Waals surface area contributed by atoms with Crippen molar-refractivity contribution in [1.82, 2.24) is 4.98 Å². The maximum Gasteiger partial charge on any atom is 0.238 e. The van der Waals surface area contributed by atoms with E-state index in [1.54, 1.807) is 6.07 Å². The van der Waals surface area contributed by atoms with Crippen LogP contribution in [0.3, 0.4) is 0 Å². The standard InChI is InChI=1S/C10H10N2O2S2/c1-7-12-10(6-15-7)8-3-2-4-9(5-8)16(11,13)14/h2-6H,1H3,(H2,11,13,14). The third kappa shape index (κ3) is 2.29. The molecule has 2 rings (SSSR count). The van der Waals surface area contributed by atoms with Crippen LogP contribution in [0.25, 0.3) is 11.3 Å². The molecule has 4 nitrogen and oxygen atoms in total. The Morgan fingerprint density at radius 1 is 1.38 bits per heavy atom. The minimum atomic E-state index is -3.65. The molecule has 0 bridgehead atoms. The summed E-state index contributed by atoms with van der Waals surface area (Å²) in [7, 11) is -3.65. The second-order valence-electron chi connectivity index (χ2n) is 3.32. The molecule has 0 aliphatic carbocycles. The lowest BCUT2D eigenvalue weighted by Crippen LogP contribution is -2.11. The molecule has 6 heteroatoms. The van der Waals surface area contributed by atoms with Crippen molar-refractivity contribution in [3.05, 3.63) is 34.7 Å². The van der Waals surface area contributed by atoms with E-state index in [4.69, 9.17) is 5.14 Å². The highest BCUT2D eigenvalue weighted by atomic mass is 32.2. The highest BCUT2D eigenvalue weighted by Gasteiger charge is 2.09. The van der Waals surface area contributed by atoms with Crippen LogP contribution in [0.2, 0.25) is 0 Å². The van der Waals surface area contributed by atoms with Gasteiger partial charge in [0.25, 0.3) is 0 Å². The predicted octanol–water partition coefficient (Wildman–Crippen LogP) is 1.77. The minimum absolute atomic E-state index is 0.107. The molecule has 0 fully saturated rings. The molecule has 0 aliphatic heterocycles. The van der Waals surface area contributed by atoms with Crippen LogP contribution in [-0.2, 0) is 10.0 Å². The smallest absolute Gasteiger partial charge is 0.238 e. The van der Waals surface area contributed by atoms with Crippen LogP contribution in [0.15, 0.2) is 34.5 Å². The Bertz CT molecular complexity index is 617. The highest BCUT2D eigenvalue weighted by Crippen LogP contribution is 2.23. The van der Waals surface area contributed by atoms with Gasteiger partial charge < -0.3 is 0 Å². The summed E-state index contributed by atoms with van der Waals surface area (Å²) in [5.41, 5.74) is 1.53. The molecule has 0 atom stereocenters. The number of primary sulfonamides is 1. The normalized spacial score (nSPS) is 11.6. The van der Waals surface area contributed by atoms with Crippen molar-refractivity contribution in [2.45, 2.75) is 11.8 Å². The van der Waals surface area contributed by atoms with Crippen molar-refractivity contribution in [3.8, 4) is 11.3 Å². The highest BCUT2D eigenvalue weighted by molar-refractivity contribution is 7.89. The largest absolute Gasteiger partial charge is 0.242 e. The van der Waals surface area contributed by atoms with Crippen molar-refractivity contribution in [2.75, 3.05) is 0 Å². The SMILES string of the molecule is Cc1nc(-c2cccc(S(N)(=O)=O)c2)cs1. The first kappa shape index (κ1) is 11.3. The summed E-state index contributed by atoms with van der Waals surface area (Å²) in [6, 6.07) is 6.47. The zero-order chi connectivity index (χ0) is 11.8.